The van der Waals surface area contributed by atoms with Crippen LogP contribution in [0.2, 0.25) is 5.02 Å². The molecule has 2 aromatic carbocycles. The van der Waals surface area contributed by atoms with E-state index in [-0.39, 0.29) is 46.4 Å². The first-order chi connectivity index (χ1) is 18.2. The van der Waals surface area contributed by atoms with Gasteiger partial charge in [0.05, 0.1) is 23.6 Å². The highest BCUT2D eigenvalue weighted by Crippen LogP contribution is 2.20. The van der Waals surface area contributed by atoms with Crippen LogP contribution in [0.4, 0.5) is 10.1 Å². The normalized spacial score (nSPS) is 17.7. The number of nitrogens with zero attached hydrogens (tertiary/aromatic N) is 2. The summed E-state index contributed by atoms with van der Waals surface area (Å²) in [5.41, 5.74) is 1.45. The van der Waals surface area contributed by atoms with Gasteiger partial charge in [-0.2, -0.15) is 0 Å². The van der Waals surface area contributed by atoms with Crippen molar-refractivity contribution in [3.63, 3.8) is 0 Å². The van der Waals surface area contributed by atoms with E-state index in [2.05, 4.69) is 25.5 Å². The SMILES string of the molecule is CC1CN(CCNC(=O)c2[nH]cnc2C(=O)Nc2ccc(CC(=O)c3ccc(F)cc3Cl)cc2)CC(C)O1. The first-order valence-corrected chi connectivity index (χ1v) is 12.7. The van der Waals surface area contributed by atoms with Gasteiger partial charge in [0.1, 0.15) is 11.5 Å². The molecular formula is C27H29ClFN5O4. The smallest absolute Gasteiger partial charge is 0.276 e. The number of halogens is 2. The molecule has 1 aliphatic rings. The molecule has 0 saturated carbocycles. The van der Waals surface area contributed by atoms with Crippen molar-refractivity contribution < 1.29 is 23.5 Å². The molecule has 2 unspecified atom stereocenters. The van der Waals surface area contributed by atoms with Crippen molar-refractivity contribution in [2.24, 2.45) is 0 Å². The molecule has 1 fully saturated rings. The van der Waals surface area contributed by atoms with Crippen LogP contribution in [0.25, 0.3) is 0 Å². The molecule has 0 aliphatic carbocycles. The molecule has 9 nitrogen and oxygen atoms in total. The van der Waals surface area contributed by atoms with E-state index in [1.165, 1.54) is 18.5 Å². The summed E-state index contributed by atoms with van der Waals surface area (Å²) in [4.78, 5) is 47.0. The molecule has 3 N–H and O–H groups in total. The number of ether oxygens (including phenoxy) is 1. The second-order valence-electron chi connectivity index (χ2n) is 9.27. The van der Waals surface area contributed by atoms with Crippen molar-refractivity contribution in [1.82, 2.24) is 20.2 Å². The molecule has 4 rings (SSSR count). The predicted octanol–water partition coefficient (Wildman–Crippen LogP) is 3.72. The van der Waals surface area contributed by atoms with E-state index >= 15 is 0 Å². The maximum Gasteiger partial charge on any atom is 0.276 e. The Kier molecular flexibility index (Phi) is 8.88. The molecule has 11 heteroatoms. The molecule has 1 aliphatic heterocycles. The van der Waals surface area contributed by atoms with E-state index in [4.69, 9.17) is 16.3 Å². The highest BCUT2D eigenvalue weighted by Gasteiger charge is 2.23. The number of imidazole rings is 1. The Morgan fingerprint density at radius 2 is 1.82 bits per heavy atom. The third kappa shape index (κ3) is 7.03. The van der Waals surface area contributed by atoms with E-state index in [1.807, 2.05) is 13.8 Å². The highest BCUT2D eigenvalue weighted by molar-refractivity contribution is 6.34. The molecule has 2 atom stereocenters. The molecule has 2 amide bonds. The van der Waals surface area contributed by atoms with Crippen LogP contribution in [0.5, 0.6) is 0 Å². The number of carbonyl (C=O) groups is 3. The van der Waals surface area contributed by atoms with Crippen LogP contribution in [0, 0.1) is 5.82 Å². The minimum absolute atomic E-state index is 0.0266. The quantitative estimate of drug-likeness (QED) is 0.356. The molecule has 200 valence electrons. The Hall–Kier alpha value is -3.60. The Labute approximate surface area is 224 Å². The number of Topliss-reactive ketones (excluding diaryl/α,β-unsaturated/α-hetero) is 1. The Morgan fingerprint density at radius 1 is 1.11 bits per heavy atom. The number of nitrogens with one attached hydrogen (secondary N) is 3. The Balaban J connectivity index is 1.30. The number of aromatic amines is 1. The van der Waals surface area contributed by atoms with E-state index in [1.54, 1.807) is 24.3 Å². The largest absolute Gasteiger partial charge is 0.373 e. The van der Waals surface area contributed by atoms with Gasteiger partial charge >= 0.3 is 0 Å². The lowest BCUT2D eigenvalue weighted by Crippen LogP contribution is -2.47. The van der Waals surface area contributed by atoms with E-state index < -0.39 is 17.6 Å². The first kappa shape index (κ1) is 27.4. The molecule has 0 bridgehead atoms. The van der Waals surface area contributed by atoms with Crippen LogP contribution in [0.3, 0.4) is 0 Å². The number of rotatable bonds is 9. The van der Waals surface area contributed by atoms with Gasteiger partial charge in [0.15, 0.2) is 11.5 Å². The van der Waals surface area contributed by atoms with Crippen molar-refractivity contribution in [1.29, 1.82) is 0 Å². The van der Waals surface area contributed by atoms with E-state index in [0.717, 1.165) is 19.2 Å². The first-order valence-electron chi connectivity index (χ1n) is 12.3. The van der Waals surface area contributed by atoms with Crippen molar-refractivity contribution >= 4 is 34.9 Å². The topological polar surface area (TPSA) is 116 Å². The lowest BCUT2D eigenvalue weighted by Gasteiger charge is -2.35. The van der Waals surface area contributed by atoms with Gasteiger partial charge in [0.2, 0.25) is 0 Å². The van der Waals surface area contributed by atoms with Crippen LogP contribution < -0.4 is 10.6 Å². The van der Waals surface area contributed by atoms with Crippen LogP contribution in [-0.4, -0.2) is 70.9 Å². The molecule has 0 spiro atoms. The average molecular weight is 542 g/mol. The highest BCUT2D eigenvalue weighted by atomic mass is 35.5. The number of aromatic nitrogens is 2. The van der Waals surface area contributed by atoms with Gasteiger partial charge in [-0.15, -0.1) is 0 Å². The number of benzene rings is 2. The summed E-state index contributed by atoms with van der Waals surface area (Å²) >= 11 is 5.98. The zero-order valence-electron chi connectivity index (χ0n) is 21.1. The van der Waals surface area contributed by atoms with Gasteiger partial charge in [-0.3, -0.25) is 19.3 Å². The van der Waals surface area contributed by atoms with Crippen molar-refractivity contribution in [2.45, 2.75) is 32.5 Å². The van der Waals surface area contributed by atoms with Gasteiger partial charge in [0.25, 0.3) is 11.8 Å². The number of ketones is 1. The van der Waals surface area contributed by atoms with Gasteiger partial charge in [-0.1, -0.05) is 23.7 Å². The summed E-state index contributed by atoms with van der Waals surface area (Å²) in [6, 6.07) is 10.3. The number of hydrogen-bond donors (Lipinski definition) is 3. The fourth-order valence-corrected chi connectivity index (χ4v) is 4.69. The monoisotopic (exact) mass is 541 g/mol. The third-order valence-corrected chi connectivity index (χ3v) is 6.41. The number of hydrogen-bond acceptors (Lipinski definition) is 6. The maximum atomic E-state index is 13.2. The number of H-pyrrole nitrogens is 1. The minimum atomic E-state index is -0.547. The van der Waals surface area contributed by atoms with Gasteiger partial charge in [-0.25, -0.2) is 9.37 Å². The molecule has 1 saturated heterocycles. The maximum absolute atomic E-state index is 13.2. The summed E-state index contributed by atoms with van der Waals surface area (Å²) in [7, 11) is 0. The second-order valence-corrected chi connectivity index (χ2v) is 9.68. The minimum Gasteiger partial charge on any atom is -0.373 e. The zero-order chi connectivity index (χ0) is 27.2. The van der Waals surface area contributed by atoms with Gasteiger partial charge in [-0.05, 0) is 49.7 Å². The molecule has 1 aromatic heterocycles. The molecule has 2 heterocycles. The van der Waals surface area contributed by atoms with Crippen LogP contribution >= 0.6 is 11.6 Å². The summed E-state index contributed by atoms with van der Waals surface area (Å²) in [6.07, 6.45) is 1.64. The fraction of sp³-hybridized carbons (Fsp3) is 0.333. The predicted molar refractivity (Wildman–Crippen MR) is 141 cm³/mol. The molecular weight excluding hydrogens is 513 g/mol. The van der Waals surface area contributed by atoms with Crippen LogP contribution in [0.15, 0.2) is 48.8 Å². The second kappa shape index (κ2) is 12.3. The van der Waals surface area contributed by atoms with Crippen LogP contribution in [-0.2, 0) is 11.2 Å². The lowest BCUT2D eigenvalue weighted by atomic mass is 10.0. The molecule has 0 radical (unpaired) electrons. The van der Waals surface area contributed by atoms with Crippen molar-refractivity contribution in [3.05, 3.63) is 82.1 Å². The summed E-state index contributed by atoms with van der Waals surface area (Å²) in [6.45, 7) is 6.72. The summed E-state index contributed by atoms with van der Waals surface area (Å²) in [5.74, 6) is -1.73. The summed E-state index contributed by atoms with van der Waals surface area (Å²) < 4.78 is 19.0. The van der Waals surface area contributed by atoms with Crippen molar-refractivity contribution in [3.8, 4) is 0 Å². The molecule has 3 aromatic rings. The Morgan fingerprint density at radius 3 is 2.50 bits per heavy atom. The van der Waals surface area contributed by atoms with E-state index in [9.17, 15) is 18.8 Å². The number of anilines is 1. The fourth-order valence-electron chi connectivity index (χ4n) is 4.41. The number of morpholine rings is 1. The Bertz CT molecular complexity index is 1300. The average Bonchev–Trinajstić information content (AvgIpc) is 3.35. The number of amides is 2. The summed E-state index contributed by atoms with van der Waals surface area (Å²) in [5, 5.41) is 5.60. The van der Waals surface area contributed by atoms with Crippen LogP contribution in [0.1, 0.15) is 50.7 Å². The number of carbonyl (C=O) groups excluding carboxylic acids is 3. The van der Waals surface area contributed by atoms with Gasteiger partial charge < -0.3 is 20.4 Å². The van der Waals surface area contributed by atoms with Crippen molar-refractivity contribution in [2.75, 3.05) is 31.5 Å². The molecule has 38 heavy (non-hydrogen) atoms. The third-order valence-electron chi connectivity index (χ3n) is 6.10. The lowest BCUT2D eigenvalue weighted by molar-refractivity contribution is -0.0672. The zero-order valence-corrected chi connectivity index (χ0v) is 21.8. The standard InChI is InChI=1S/C27H29ClFN5O4/c1-16-13-34(14-17(2)38-16)10-9-30-26(36)24-25(32-15-31-24)27(37)33-20-6-3-18(4-7-20)11-23(35)21-8-5-19(29)12-22(21)28/h3-8,12,15-17H,9-11,13-14H2,1-2H3,(H,30,36)(H,31,32)(H,33,37). The van der Waals surface area contributed by atoms with Gasteiger partial charge in [0, 0.05) is 43.9 Å². The van der Waals surface area contributed by atoms with E-state index in [0.29, 0.717) is 24.3 Å².